The van der Waals surface area contributed by atoms with Crippen molar-refractivity contribution in [2.24, 2.45) is 0 Å². The molecular weight excluding hydrogens is 492 g/mol. The highest BCUT2D eigenvalue weighted by Crippen LogP contribution is 2.43. The molecule has 0 bridgehead atoms. The van der Waals surface area contributed by atoms with Gasteiger partial charge in [0.2, 0.25) is 6.29 Å². The molecule has 0 aromatic heterocycles. The molecule has 1 fully saturated rings. The molecule has 1 aliphatic carbocycles. The first-order valence-corrected chi connectivity index (χ1v) is 11.2. The predicted molar refractivity (Wildman–Crippen MR) is 127 cm³/mol. The number of Topliss-reactive ketones (excluding diaryl/α,β-unsaturated/α-hetero) is 1. The molecule has 0 spiro atoms. The van der Waals surface area contributed by atoms with Crippen LogP contribution in [0, 0.1) is 0 Å². The number of fused-ring (bicyclic) bond motifs is 1. The zero-order chi connectivity index (χ0) is 26.9. The van der Waals surface area contributed by atoms with Crippen LogP contribution in [0.1, 0.15) is 5.56 Å². The number of ether oxygens (including phenoxy) is 7. The fourth-order valence-electron chi connectivity index (χ4n) is 4.05. The SMILES string of the molecule is COC1=CC(=C2Oc3cc(OC)cc(OC)c3C=C2O[C@@H]2O[C@H](C[OH2+])[C@H](O)[C@H](O)[C@H]2O)C=C(OC)C1=O. The minimum absolute atomic E-state index is 0.0133. The number of carbonyl (C=O) groups excluding carboxylic acids is 1. The molecule has 1 saturated heterocycles. The van der Waals surface area contributed by atoms with Crippen LogP contribution in [0.25, 0.3) is 6.08 Å². The van der Waals surface area contributed by atoms with Crippen molar-refractivity contribution in [1.29, 1.82) is 0 Å². The Bertz CT molecular complexity index is 1150. The summed E-state index contributed by atoms with van der Waals surface area (Å²) in [5.41, 5.74) is 0.805. The quantitative estimate of drug-likeness (QED) is 0.410. The lowest BCUT2D eigenvalue weighted by atomic mass is 9.99. The summed E-state index contributed by atoms with van der Waals surface area (Å²) in [6.45, 7) is -0.382. The molecule has 5 N–H and O–H groups in total. The van der Waals surface area contributed by atoms with Gasteiger partial charge in [-0.3, -0.25) is 4.79 Å². The molecule has 12 nitrogen and oxygen atoms in total. The minimum Gasteiger partial charge on any atom is -0.496 e. The number of aliphatic hydroxyl groups is 3. The number of allylic oxidation sites excluding steroid dienone is 3. The number of hydrogen-bond acceptors (Lipinski definition) is 11. The lowest BCUT2D eigenvalue weighted by molar-refractivity contribution is -0.291. The molecular formula is C25H29O12+. The normalized spacial score (nSPS) is 27.3. The first kappa shape index (κ1) is 26.5. The van der Waals surface area contributed by atoms with E-state index in [0.717, 1.165) is 0 Å². The van der Waals surface area contributed by atoms with Crippen molar-refractivity contribution in [2.45, 2.75) is 30.7 Å². The van der Waals surface area contributed by atoms with Gasteiger partial charge in [0.25, 0.3) is 5.78 Å². The molecule has 2 heterocycles. The van der Waals surface area contributed by atoms with Gasteiger partial charge in [-0.25, -0.2) is 0 Å². The molecule has 5 atom stereocenters. The Labute approximate surface area is 212 Å². The van der Waals surface area contributed by atoms with Crippen LogP contribution in [-0.4, -0.2) is 92.0 Å². The maximum Gasteiger partial charge on any atom is 0.261 e. The fourth-order valence-corrected chi connectivity index (χ4v) is 4.05. The third kappa shape index (κ3) is 4.89. The molecule has 1 aromatic carbocycles. The second-order valence-corrected chi connectivity index (χ2v) is 8.23. The van der Waals surface area contributed by atoms with E-state index in [0.29, 0.717) is 28.4 Å². The van der Waals surface area contributed by atoms with Crippen molar-refractivity contribution in [3.63, 3.8) is 0 Å². The summed E-state index contributed by atoms with van der Waals surface area (Å²) >= 11 is 0. The topological polar surface area (TPSA) is 165 Å². The maximum absolute atomic E-state index is 12.5. The Hall–Kier alpha value is -3.55. The first-order valence-electron chi connectivity index (χ1n) is 11.2. The molecule has 4 rings (SSSR count). The van der Waals surface area contributed by atoms with Crippen molar-refractivity contribution >= 4 is 11.9 Å². The predicted octanol–water partition coefficient (Wildman–Crippen LogP) is -0.117. The van der Waals surface area contributed by atoms with E-state index in [1.165, 1.54) is 40.6 Å². The molecule has 3 aliphatic rings. The third-order valence-electron chi connectivity index (χ3n) is 6.08. The third-order valence-corrected chi connectivity index (χ3v) is 6.08. The summed E-state index contributed by atoms with van der Waals surface area (Å²) in [6, 6.07) is 3.27. The first-order chi connectivity index (χ1) is 17.8. The van der Waals surface area contributed by atoms with Crippen LogP contribution in [0.2, 0.25) is 0 Å². The van der Waals surface area contributed by atoms with Crippen LogP contribution in [0.5, 0.6) is 17.2 Å². The lowest BCUT2D eigenvalue weighted by Gasteiger charge is -2.39. The van der Waals surface area contributed by atoms with E-state index < -0.39 is 36.5 Å². The van der Waals surface area contributed by atoms with Crippen LogP contribution in [0.4, 0.5) is 0 Å². The van der Waals surface area contributed by atoms with Crippen molar-refractivity contribution in [1.82, 2.24) is 0 Å². The van der Waals surface area contributed by atoms with Gasteiger partial charge in [-0.15, -0.1) is 0 Å². The Balaban J connectivity index is 1.86. The number of benzene rings is 1. The van der Waals surface area contributed by atoms with Crippen molar-refractivity contribution in [3.05, 3.63) is 58.5 Å². The maximum atomic E-state index is 12.5. The minimum atomic E-state index is -1.65. The summed E-state index contributed by atoms with van der Waals surface area (Å²) in [7, 11) is 5.64. The largest absolute Gasteiger partial charge is 0.496 e. The molecule has 200 valence electrons. The standard InChI is InChI=1S/C25H28O12/c1-31-12-7-14(32-2)13-9-18(36-25-23(30)22(29)21(28)19(10-26)37-25)24(35-15(13)8-12)11-5-16(33-3)20(27)17(6-11)34-4/h5-9,19,21-23,25-26,28-30H,10H2,1-4H3/p+1/t19-,21+,22+,23-,25-/m1/s1. The lowest BCUT2D eigenvalue weighted by Crippen LogP contribution is -2.59. The summed E-state index contributed by atoms with van der Waals surface area (Å²) in [5, 5.41) is 38.6. The van der Waals surface area contributed by atoms with E-state index in [1.807, 2.05) is 0 Å². The average molecular weight is 521 g/mol. The molecule has 37 heavy (non-hydrogen) atoms. The van der Waals surface area contributed by atoms with E-state index in [-0.39, 0.29) is 29.6 Å². The molecule has 0 amide bonds. The van der Waals surface area contributed by atoms with Crippen molar-refractivity contribution < 1.29 is 58.4 Å². The highest BCUT2D eigenvalue weighted by Gasteiger charge is 2.46. The molecule has 2 aliphatic heterocycles. The number of aliphatic hydroxyl groups excluding tert-OH is 3. The van der Waals surface area contributed by atoms with Gasteiger partial charge in [0.05, 0.1) is 34.0 Å². The fraction of sp³-hybridized carbons (Fsp3) is 0.400. The second kappa shape index (κ2) is 10.8. The number of ketones is 1. The van der Waals surface area contributed by atoms with Crippen LogP contribution < -0.4 is 14.2 Å². The van der Waals surface area contributed by atoms with Crippen LogP contribution in [0.3, 0.4) is 0 Å². The van der Waals surface area contributed by atoms with Gasteiger partial charge in [0, 0.05) is 17.7 Å². The van der Waals surface area contributed by atoms with E-state index in [1.54, 1.807) is 18.2 Å². The highest BCUT2D eigenvalue weighted by atomic mass is 16.7. The number of methoxy groups -OCH3 is 4. The van der Waals surface area contributed by atoms with Gasteiger partial charge in [0.1, 0.15) is 35.6 Å². The van der Waals surface area contributed by atoms with Crippen LogP contribution in [0.15, 0.2) is 52.9 Å². The van der Waals surface area contributed by atoms with Gasteiger partial charge in [-0.1, -0.05) is 0 Å². The smallest absolute Gasteiger partial charge is 0.261 e. The van der Waals surface area contributed by atoms with E-state index >= 15 is 0 Å². The average Bonchev–Trinajstić information content (AvgIpc) is 2.92. The zero-order valence-electron chi connectivity index (χ0n) is 20.6. The molecule has 12 heteroatoms. The van der Waals surface area contributed by atoms with Crippen molar-refractivity contribution in [3.8, 4) is 17.2 Å². The van der Waals surface area contributed by atoms with Gasteiger partial charge >= 0.3 is 0 Å². The summed E-state index contributed by atoms with van der Waals surface area (Å²) in [6.07, 6.45) is -2.87. The number of rotatable bonds is 7. The Morgan fingerprint density at radius 2 is 1.54 bits per heavy atom. The van der Waals surface area contributed by atoms with Crippen LogP contribution in [-0.2, 0) is 23.7 Å². The van der Waals surface area contributed by atoms with E-state index in [2.05, 4.69) is 0 Å². The number of hydrogen-bond donors (Lipinski definition) is 3. The zero-order valence-corrected chi connectivity index (χ0v) is 20.6. The molecule has 0 saturated carbocycles. The summed E-state index contributed by atoms with van der Waals surface area (Å²) in [4.78, 5) is 12.5. The van der Waals surface area contributed by atoms with Gasteiger partial charge in [0.15, 0.2) is 35.7 Å². The summed E-state index contributed by atoms with van der Waals surface area (Å²) in [5.74, 6) is 0.826. The molecule has 1 aromatic rings. The number of carbonyl (C=O) groups is 1. The van der Waals surface area contributed by atoms with Gasteiger partial charge in [-0.05, 0) is 18.2 Å². The highest BCUT2D eigenvalue weighted by molar-refractivity contribution is 6.07. The van der Waals surface area contributed by atoms with Crippen LogP contribution >= 0.6 is 0 Å². The Morgan fingerprint density at radius 3 is 2.11 bits per heavy atom. The Morgan fingerprint density at radius 1 is 0.865 bits per heavy atom. The van der Waals surface area contributed by atoms with Gasteiger partial charge in [-0.2, -0.15) is 0 Å². The molecule has 0 unspecified atom stereocenters. The van der Waals surface area contributed by atoms with E-state index in [4.69, 9.17) is 38.3 Å². The van der Waals surface area contributed by atoms with Crippen molar-refractivity contribution in [2.75, 3.05) is 35.0 Å². The molecule has 0 radical (unpaired) electrons. The van der Waals surface area contributed by atoms with Gasteiger partial charge < -0.3 is 53.6 Å². The Kier molecular flexibility index (Phi) is 7.76. The van der Waals surface area contributed by atoms with E-state index in [9.17, 15) is 20.1 Å². The summed E-state index contributed by atoms with van der Waals surface area (Å²) < 4.78 is 39.0. The second-order valence-electron chi connectivity index (χ2n) is 8.23. The monoisotopic (exact) mass is 521 g/mol.